The van der Waals surface area contributed by atoms with Crippen molar-refractivity contribution in [2.75, 3.05) is 19.7 Å². The highest BCUT2D eigenvalue weighted by molar-refractivity contribution is 8.00. The van der Waals surface area contributed by atoms with Crippen molar-refractivity contribution in [1.29, 1.82) is 0 Å². The van der Waals surface area contributed by atoms with Crippen molar-refractivity contribution in [3.63, 3.8) is 0 Å². The van der Waals surface area contributed by atoms with Gasteiger partial charge in [-0.15, -0.1) is 11.8 Å². The largest absolute Gasteiger partial charge is 0.450 e. The molecule has 1 saturated heterocycles. The normalized spacial score (nSPS) is 15.8. The molecule has 0 aliphatic carbocycles. The van der Waals surface area contributed by atoms with Gasteiger partial charge < -0.3 is 9.64 Å². The van der Waals surface area contributed by atoms with E-state index in [2.05, 4.69) is 9.97 Å². The first-order valence-electron chi connectivity index (χ1n) is 7.66. The van der Waals surface area contributed by atoms with Gasteiger partial charge in [0.25, 0.3) is 0 Å². The van der Waals surface area contributed by atoms with Crippen molar-refractivity contribution in [1.82, 2.24) is 14.9 Å². The van der Waals surface area contributed by atoms with Crippen molar-refractivity contribution in [3.8, 4) is 0 Å². The van der Waals surface area contributed by atoms with Crippen LogP contribution in [0.4, 0.5) is 4.79 Å². The fourth-order valence-electron chi connectivity index (χ4n) is 2.63. The summed E-state index contributed by atoms with van der Waals surface area (Å²) in [5, 5.41) is 3.05. The number of nitrogens with zero attached hydrogens (tertiary/aromatic N) is 3. The maximum Gasteiger partial charge on any atom is 0.409 e. The average Bonchev–Trinajstić information content (AvgIpc) is 2.56. The van der Waals surface area contributed by atoms with E-state index in [0.29, 0.717) is 16.9 Å². The van der Waals surface area contributed by atoms with E-state index in [1.807, 2.05) is 25.1 Å². The van der Waals surface area contributed by atoms with Crippen LogP contribution >= 0.6 is 23.4 Å². The van der Waals surface area contributed by atoms with E-state index < -0.39 is 0 Å². The van der Waals surface area contributed by atoms with Gasteiger partial charge in [-0.05, 0) is 38.0 Å². The minimum absolute atomic E-state index is 0.213. The van der Waals surface area contributed by atoms with Gasteiger partial charge in [-0.25, -0.2) is 14.8 Å². The molecule has 2 heterocycles. The van der Waals surface area contributed by atoms with Crippen molar-refractivity contribution >= 4 is 40.4 Å². The Balaban J connectivity index is 1.67. The summed E-state index contributed by atoms with van der Waals surface area (Å²) in [6.07, 6.45) is 3.23. The van der Waals surface area contributed by atoms with Gasteiger partial charge in [0.2, 0.25) is 0 Å². The number of hydrogen-bond donors (Lipinski definition) is 0. The third kappa shape index (κ3) is 3.87. The number of thioether (sulfide) groups is 1. The number of piperidine rings is 1. The van der Waals surface area contributed by atoms with Gasteiger partial charge in [0, 0.05) is 28.7 Å². The number of likely N-dealkylation sites (tertiary alicyclic amines) is 1. The number of ether oxygens (including phenoxy) is 1. The van der Waals surface area contributed by atoms with E-state index in [0.717, 1.165) is 41.9 Å². The second-order valence-electron chi connectivity index (χ2n) is 5.34. The first-order chi connectivity index (χ1) is 11.2. The molecule has 0 spiro atoms. The number of fused-ring (bicyclic) bond motifs is 1. The van der Waals surface area contributed by atoms with E-state index >= 15 is 0 Å². The van der Waals surface area contributed by atoms with E-state index in [1.54, 1.807) is 23.0 Å². The van der Waals surface area contributed by atoms with Crippen LogP contribution in [0.3, 0.4) is 0 Å². The third-order valence-electron chi connectivity index (χ3n) is 3.81. The third-order valence-corrected chi connectivity index (χ3v) is 5.40. The zero-order valence-electron chi connectivity index (χ0n) is 12.9. The highest BCUT2D eigenvalue weighted by Gasteiger charge is 2.25. The number of hydrogen-bond acceptors (Lipinski definition) is 5. The molecular weight excluding hydrogens is 334 g/mol. The number of carbonyl (C=O) groups is 1. The van der Waals surface area contributed by atoms with Crippen molar-refractivity contribution in [3.05, 3.63) is 29.5 Å². The van der Waals surface area contributed by atoms with Crippen LogP contribution in [0.25, 0.3) is 10.9 Å². The zero-order valence-corrected chi connectivity index (χ0v) is 14.4. The van der Waals surface area contributed by atoms with Crippen molar-refractivity contribution in [2.24, 2.45) is 0 Å². The fourth-order valence-corrected chi connectivity index (χ4v) is 3.96. The first kappa shape index (κ1) is 16.3. The highest BCUT2D eigenvalue weighted by atomic mass is 35.5. The van der Waals surface area contributed by atoms with Gasteiger partial charge in [0.1, 0.15) is 11.4 Å². The molecular formula is C16H18ClN3O2S. The van der Waals surface area contributed by atoms with Crippen molar-refractivity contribution < 1.29 is 9.53 Å². The molecule has 0 unspecified atom stereocenters. The minimum Gasteiger partial charge on any atom is -0.450 e. The lowest BCUT2D eigenvalue weighted by Crippen LogP contribution is -2.39. The Hall–Kier alpha value is -1.53. The molecule has 0 radical (unpaired) electrons. The molecule has 122 valence electrons. The molecule has 0 atom stereocenters. The van der Waals surface area contributed by atoms with Gasteiger partial charge in [0.05, 0.1) is 12.1 Å². The van der Waals surface area contributed by atoms with Crippen LogP contribution in [0.15, 0.2) is 29.6 Å². The molecule has 1 aliphatic rings. The first-order valence-corrected chi connectivity index (χ1v) is 8.91. The Morgan fingerprint density at radius 2 is 2.17 bits per heavy atom. The summed E-state index contributed by atoms with van der Waals surface area (Å²) in [6.45, 7) is 3.69. The van der Waals surface area contributed by atoms with Gasteiger partial charge >= 0.3 is 6.09 Å². The van der Waals surface area contributed by atoms with Crippen LogP contribution in [-0.2, 0) is 4.74 Å². The molecule has 0 bridgehead atoms. The fraction of sp³-hybridized carbons (Fsp3) is 0.438. The lowest BCUT2D eigenvalue weighted by molar-refractivity contribution is 0.100. The minimum atomic E-state index is -0.213. The lowest BCUT2D eigenvalue weighted by atomic mass is 10.1. The predicted molar refractivity (Wildman–Crippen MR) is 92.0 cm³/mol. The quantitative estimate of drug-likeness (QED) is 0.782. The van der Waals surface area contributed by atoms with E-state index in [4.69, 9.17) is 16.3 Å². The standard InChI is InChI=1S/C16H18ClN3O2S/c1-2-22-16(21)20-7-5-12(6-8-20)23-15-13-9-11(17)3-4-14(13)18-10-19-15/h3-4,9-10,12H,2,5-8H2,1H3. The average molecular weight is 352 g/mol. The summed E-state index contributed by atoms with van der Waals surface area (Å²) in [5.74, 6) is 0. The summed E-state index contributed by atoms with van der Waals surface area (Å²) < 4.78 is 5.05. The number of amides is 1. The smallest absolute Gasteiger partial charge is 0.409 e. The lowest BCUT2D eigenvalue weighted by Gasteiger charge is -2.30. The summed E-state index contributed by atoms with van der Waals surface area (Å²) >= 11 is 7.84. The van der Waals surface area contributed by atoms with Crippen molar-refractivity contribution in [2.45, 2.75) is 30.0 Å². The van der Waals surface area contributed by atoms with Crippen LogP contribution in [0.1, 0.15) is 19.8 Å². The molecule has 1 aromatic carbocycles. The number of halogens is 1. The van der Waals surface area contributed by atoms with E-state index in [1.165, 1.54) is 0 Å². The molecule has 1 aliphatic heterocycles. The zero-order chi connectivity index (χ0) is 16.2. The Labute approximate surface area is 144 Å². The Bertz CT molecular complexity index is 705. The van der Waals surface area contributed by atoms with Gasteiger partial charge in [-0.2, -0.15) is 0 Å². The van der Waals surface area contributed by atoms with Crippen LogP contribution in [0.5, 0.6) is 0 Å². The SMILES string of the molecule is CCOC(=O)N1CCC(Sc2ncnc3ccc(Cl)cc23)CC1. The molecule has 1 fully saturated rings. The molecule has 2 aromatic rings. The van der Waals surface area contributed by atoms with Gasteiger partial charge in [0.15, 0.2) is 0 Å². The Morgan fingerprint density at radius 1 is 1.39 bits per heavy atom. The van der Waals surface area contributed by atoms with Gasteiger partial charge in [-0.1, -0.05) is 11.6 Å². The Kier molecular flexibility index (Phi) is 5.23. The second kappa shape index (κ2) is 7.36. The summed E-state index contributed by atoms with van der Waals surface area (Å²) in [6, 6.07) is 5.66. The van der Waals surface area contributed by atoms with E-state index in [9.17, 15) is 4.79 Å². The summed E-state index contributed by atoms with van der Waals surface area (Å²) in [7, 11) is 0. The highest BCUT2D eigenvalue weighted by Crippen LogP contribution is 2.33. The van der Waals surface area contributed by atoms with Gasteiger partial charge in [-0.3, -0.25) is 0 Å². The molecule has 5 nitrogen and oxygen atoms in total. The summed E-state index contributed by atoms with van der Waals surface area (Å²) in [5.41, 5.74) is 0.899. The van der Waals surface area contributed by atoms with Crippen LogP contribution in [0.2, 0.25) is 5.02 Å². The molecule has 23 heavy (non-hydrogen) atoms. The number of benzene rings is 1. The van der Waals surface area contributed by atoms with Crippen LogP contribution in [-0.4, -0.2) is 45.9 Å². The number of carbonyl (C=O) groups excluding carboxylic acids is 1. The Morgan fingerprint density at radius 3 is 2.91 bits per heavy atom. The molecule has 0 N–H and O–H groups in total. The van der Waals surface area contributed by atoms with E-state index in [-0.39, 0.29) is 6.09 Å². The maximum atomic E-state index is 11.7. The second-order valence-corrected chi connectivity index (χ2v) is 7.07. The molecule has 3 rings (SSSR count). The van der Waals surface area contributed by atoms with Crippen LogP contribution < -0.4 is 0 Å². The summed E-state index contributed by atoms with van der Waals surface area (Å²) in [4.78, 5) is 22.2. The van der Waals surface area contributed by atoms with Crippen LogP contribution in [0, 0.1) is 0 Å². The maximum absolute atomic E-state index is 11.7. The molecule has 1 amide bonds. The predicted octanol–water partition coefficient (Wildman–Crippen LogP) is 4.00. The molecule has 7 heteroatoms. The molecule has 1 aromatic heterocycles. The topological polar surface area (TPSA) is 55.3 Å². The molecule has 0 saturated carbocycles. The number of rotatable bonds is 3. The monoisotopic (exact) mass is 351 g/mol. The number of aromatic nitrogens is 2.